The lowest BCUT2D eigenvalue weighted by atomic mass is 10.3. The molecule has 1 aromatic carbocycles. The van der Waals surface area contributed by atoms with Crippen LogP contribution in [0.15, 0.2) is 34.5 Å². The maximum absolute atomic E-state index is 13.0. The molecule has 3 N–H and O–H groups in total. The van der Waals surface area contributed by atoms with Crippen molar-refractivity contribution in [2.45, 2.75) is 10.6 Å². The van der Waals surface area contributed by atoms with Crippen LogP contribution in [0.1, 0.15) is 15.2 Å². The van der Waals surface area contributed by atoms with Crippen LogP contribution in [0.4, 0.5) is 4.39 Å². The average molecular weight is 317 g/mol. The van der Waals surface area contributed by atoms with Gasteiger partial charge in [-0.1, -0.05) is 11.6 Å². The molecule has 0 fully saturated rings. The summed E-state index contributed by atoms with van der Waals surface area (Å²) in [5, 5.41) is 1.92. The maximum Gasteiger partial charge on any atom is 0.275 e. The first kappa shape index (κ1) is 14.3. The molecule has 0 radical (unpaired) electrons. The Morgan fingerprint density at radius 3 is 2.95 bits per heavy atom. The number of carbonyl (C=O) groups excluding carboxylic acids is 1. The van der Waals surface area contributed by atoms with Gasteiger partial charge in [0.1, 0.15) is 5.82 Å². The summed E-state index contributed by atoms with van der Waals surface area (Å²) < 4.78 is 13.0. The lowest BCUT2D eigenvalue weighted by Gasteiger charge is -2.04. The van der Waals surface area contributed by atoms with E-state index in [0.29, 0.717) is 10.6 Å². The van der Waals surface area contributed by atoms with Crippen LogP contribution < -0.4 is 11.3 Å². The van der Waals surface area contributed by atoms with E-state index in [0.717, 1.165) is 10.5 Å². The standard InChI is InChI=1S/C12H10ClFN2OS2/c13-9-5-8(1-2-10(9)14)19-6-7-3-4-18-11(7)12(17)16-15/h1-5H,6,15H2,(H,16,17). The predicted molar refractivity (Wildman–Crippen MR) is 76.9 cm³/mol. The molecule has 0 atom stereocenters. The lowest BCUT2D eigenvalue weighted by Crippen LogP contribution is -2.29. The molecule has 0 bridgehead atoms. The van der Waals surface area contributed by atoms with Gasteiger partial charge >= 0.3 is 0 Å². The molecule has 19 heavy (non-hydrogen) atoms. The number of thioether (sulfide) groups is 1. The van der Waals surface area contributed by atoms with E-state index in [1.807, 2.05) is 11.4 Å². The number of amides is 1. The Morgan fingerprint density at radius 1 is 1.47 bits per heavy atom. The molecule has 0 spiro atoms. The first-order chi connectivity index (χ1) is 9.11. The monoisotopic (exact) mass is 316 g/mol. The van der Waals surface area contributed by atoms with E-state index in [1.165, 1.54) is 29.2 Å². The molecule has 2 aromatic rings. The molecule has 1 aromatic heterocycles. The summed E-state index contributed by atoms with van der Waals surface area (Å²) in [5.74, 6) is 4.97. The minimum atomic E-state index is -0.440. The van der Waals surface area contributed by atoms with Crippen molar-refractivity contribution in [3.05, 3.63) is 50.9 Å². The lowest BCUT2D eigenvalue weighted by molar-refractivity contribution is 0.0957. The summed E-state index contributed by atoms with van der Waals surface area (Å²) in [7, 11) is 0. The van der Waals surface area contributed by atoms with Gasteiger partial charge in [-0.15, -0.1) is 23.1 Å². The van der Waals surface area contributed by atoms with Crippen molar-refractivity contribution < 1.29 is 9.18 Å². The highest BCUT2D eigenvalue weighted by atomic mass is 35.5. The van der Waals surface area contributed by atoms with E-state index >= 15 is 0 Å². The Bertz CT molecular complexity index is 603. The number of nitrogen functional groups attached to an aromatic ring is 1. The van der Waals surface area contributed by atoms with Crippen LogP contribution in [-0.4, -0.2) is 5.91 Å². The van der Waals surface area contributed by atoms with Crippen molar-refractivity contribution in [3.8, 4) is 0 Å². The van der Waals surface area contributed by atoms with Crippen LogP contribution in [0.3, 0.4) is 0 Å². The SMILES string of the molecule is NNC(=O)c1sccc1CSc1ccc(F)c(Cl)c1. The third-order valence-corrected chi connectivity index (χ3v) is 4.66. The van der Waals surface area contributed by atoms with Crippen LogP contribution >= 0.6 is 34.7 Å². The van der Waals surface area contributed by atoms with Gasteiger partial charge < -0.3 is 0 Å². The van der Waals surface area contributed by atoms with Crippen LogP contribution in [0.25, 0.3) is 0 Å². The summed E-state index contributed by atoms with van der Waals surface area (Å²) in [6.45, 7) is 0. The molecule has 0 aliphatic carbocycles. The molecule has 2 rings (SSSR count). The Hall–Kier alpha value is -1.08. The van der Waals surface area contributed by atoms with Crippen molar-refractivity contribution in [1.29, 1.82) is 0 Å². The predicted octanol–water partition coefficient (Wildman–Crippen LogP) is 3.44. The van der Waals surface area contributed by atoms with Gasteiger partial charge in [-0.05, 0) is 35.2 Å². The molecular formula is C12H10ClFN2OS2. The number of thiophene rings is 1. The fourth-order valence-electron chi connectivity index (χ4n) is 1.44. The van der Waals surface area contributed by atoms with Gasteiger partial charge in [-0.25, -0.2) is 10.2 Å². The minimum absolute atomic E-state index is 0.0928. The number of hydrazine groups is 1. The molecule has 7 heteroatoms. The van der Waals surface area contributed by atoms with Crippen LogP contribution in [0.5, 0.6) is 0 Å². The van der Waals surface area contributed by atoms with Gasteiger partial charge in [0.25, 0.3) is 5.91 Å². The van der Waals surface area contributed by atoms with E-state index in [9.17, 15) is 9.18 Å². The summed E-state index contributed by atoms with van der Waals surface area (Å²) in [4.78, 5) is 12.9. The summed E-state index contributed by atoms with van der Waals surface area (Å²) in [6, 6.07) is 6.41. The van der Waals surface area contributed by atoms with Crippen molar-refractivity contribution >= 4 is 40.6 Å². The van der Waals surface area contributed by atoms with Crippen molar-refractivity contribution in [3.63, 3.8) is 0 Å². The van der Waals surface area contributed by atoms with E-state index in [-0.39, 0.29) is 10.9 Å². The van der Waals surface area contributed by atoms with Crippen molar-refractivity contribution in [1.82, 2.24) is 5.43 Å². The zero-order chi connectivity index (χ0) is 13.8. The van der Waals surface area contributed by atoms with Crippen molar-refractivity contribution in [2.75, 3.05) is 0 Å². The number of hydrogen-bond donors (Lipinski definition) is 2. The summed E-state index contributed by atoms with van der Waals surface area (Å²) in [6.07, 6.45) is 0. The smallest absolute Gasteiger partial charge is 0.275 e. The zero-order valence-corrected chi connectivity index (χ0v) is 12.0. The van der Waals surface area contributed by atoms with E-state index in [2.05, 4.69) is 5.43 Å². The van der Waals surface area contributed by atoms with Crippen LogP contribution in [0, 0.1) is 5.82 Å². The molecule has 0 saturated heterocycles. The molecular weight excluding hydrogens is 307 g/mol. The third-order valence-electron chi connectivity index (χ3n) is 2.37. The number of nitrogens with one attached hydrogen (secondary N) is 1. The number of carbonyl (C=O) groups is 1. The zero-order valence-electron chi connectivity index (χ0n) is 9.65. The average Bonchev–Trinajstić information content (AvgIpc) is 2.87. The fraction of sp³-hybridized carbons (Fsp3) is 0.0833. The highest BCUT2D eigenvalue weighted by Crippen LogP contribution is 2.29. The first-order valence-electron chi connectivity index (χ1n) is 5.27. The second kappa shape index (κ2) is 6.38. The Balaban J connectivity index is 2.08. The Labute approximate surface area is 122 Å². The highest BCUT2D eigenvalue weighted by Gasteiger charge is 2.12. The van der Waals surface area contributed by atoms with Gasteiger partial charge in [-0.2, -0.15) is 0 Å². The largest absolute Gasteiger partial charge is 0.289 e. The van der Waals surface area contributed by atoms with E-state index in [4.69, 9.17) is 17.4 Å². The van der Waals surface area contributed by atoms with Gasteiger partial charge in [0.15, 0.2) is 0 Å². The maximum atomic E-state index is 13.0. The number of hydrogen-bond acceptors (Lipinski definition) is 4. The molecule has 100 valence electrons. The third kappa shape index (κ3) is 3.48. The van der Waals surface area contributed by atoms with Gasteiger partial charge in [-0.3, -0.25) is 10.2 Å². The van der Waals surface area contributed by atoms with Gasteiger partial charge in [0.2, 0.25) is 0 Å². The van der Waals surface area contributed by atoms with Crippen LogP contribution in [-0.2, 0) is 5.75 Å². The molecule has 0 aliphatic rings. The summed E-state index contributed by atoms with van der Waals surface area (Å²) >= 11 is 8.52. The number of rotatable bonds is 4. The molecule has 1 heterocycles. The second-order valence-corrected chi connectivity index (χ2v) is 5.99. The van der Waals surface area contributed by atoms with Gasteiger partial charge in [0, 0.05) is 10.6 Å². The molecule has 0 aliphatic heterocycles. The fourth-order valence-corrected chi connectivity index (χ4v) is 3.53. The molecule has 0 unspecified atom stereocenters. The number of halogens is 2. The Kier molecular flexibility index (Phi) is 4.81. The van der Waals surface area contributed by atoms with Gasteiger partial charge in [0.05, 0.1) is 9.90 Å². The van der Waals surface area contributed by atoms with E-state index in [1.54, 1.807) is 12.1 Å². The topological polar surface area (TPSA) is 55.1 Å². The summed E-state index contributed by atoms with van der Waals surface area (Å²) in [5.41, 5.74) is 3.00. The highest BCUT2D eigenvalue weighted by molar-refractivity contribution is 7.98. The quantitative estimate of drug-likeness (QED) is 0.393. The van der Waals surface area contributed by atoms with E-state index < -0.39 is 5.82 Å². The van der Waals surface area contributed by atoms with Crippen molar-refractivity contribution in [2.24, 2.45) is 5.84 Å². The minimum Gasteiger partial charge on any atom is -0.289 e. The first-order valence-corrected chi connectivity index (χ1v) is 7.51. The normalized spacial score (nSPS) is 10.5. The molecule has 3 nitrogen and oxygen atoms in total. The second-order valence-electron chi connectivity index (χ2n) is 3.61. The molecule has 0 saturated carbocycles. The molecule has 1 amide bonds. The Morgan fingerprint density at radius 2 is 2.26 bits per heavy atom. The van der Waals surface area contributed by atoms with Crippen LogP contribution in [0.2, 0.25) is 5.02 Å². The number of nitrogens with two attached hydrogens (primary N) is 1. The number of benzene rings is 1.